The monoisotopic (exact) mass is 321 g/mol. The Morgan fingerprint density at radius 1 is 1.55 bits per heavy atom. The zero-order valence-corrected chi connectivity index (χ0v) is 14.2. The number of hydrogen-bond donors (Lipinski definition) is 2. The number of carbonyl (C=O) groups excluding carboxylic acids is 1. The smallest absolute Gasteiger partial charge is 0.239 e. The molecular formula is C16H23N3O2S. The quantitative estimate of drug-likeness (QED) is 0.892. The van der Waals surface area contributed by atoms with Crippen molar-refractivity contribution < 1.29 is 9.90 Å². The van der Waals surface area contributed by atoms with Crippen LogP contribution in [-0.2, 0) is 4.79 Å². The second-order valence-electron chi connectivity index (χ2n) is 5.99. The Bertz CT molecular complexity index is 591. The van der Waals surface area contributed by atoms with Crippen LogP contribution in [0.2, 0.25) is 0 Å². The molecule has 0 spiro atoms. The van der Waals surface area contributed by atoms with E-state index in [0.29, 0.717) is 16.5 Å². The van der Waals surface area contributed by atoms with Gasteiger partial charge in [0.25, 0.3) is 0 Å². The van der Waals surface area contributed by atoms with Crippen molar-refractivity contribution in [1.82, 2.24) is 4.90 Å². The lowest BCUT2D eigenvalue weighted by atomic mass is 9.91. The number of carbonyl (C=O) groups is 1. The Morgan fingerprint density at radius 2 is 2.27 bits per heavy atom. The average molecular weight is 321 g/mol. The molecule has 1 aliphatic rings. The van der Waals surface area contributed by atoms with Gasteiger partial charge in [0.05, 0.1) is 18.7 Å². The molecule has 0 saturated carbocycles. The lowest BCUT2D eigenvalue weighted by molar-refractivity contribution is -0.118. The van der Waals surface area contributed by atoms with E-state index in [0.717, 1.165) is 29.8 Å². The summed E-state index contributed by atoms with van der Waals surface area (Å²) in [4.78, 5) is 15.4. The number of nitriles is 1. The Labute approximate surface area is 135 Å². The molecule has 2 atom stereocenters. The highest BCUT2D eigenvalue weighted by Gasteiger charge is 2.29. The number of aliphatic hydroxyl groups is 1. The minimum absolute atomic E-state index is 0.0433. The van der Waals surface area contributed by atoms with Gasteiger partial charge in [-0.3, -0.25) is 9.69 Å². The molecule has 5 nitrogen and oxygen atoms in total. The van der Waals surface area contributed by atoms with E-state index in [2.05, 4.69) is 18.3 Å². The van der Waals surface area contributed by atoms with Crippen LogP contribution in [0.15, 0.2) is 0 Å². The van der Waals surface area contributed by atoms with Crippen LogP contribution < -0.4 is 5.32 Å². The molecule has 1 aliphatic heterocycles. The number of rotatable bonds is 4. The molecule has 2 N–H and O–H groups in total. The highest BCUT2D eigenvalue weighted by atomic mass is 32.1. The van der Waals surface area contributed by atoms with Crippen molar-refractivity contribution in [3.8, 4) is 6.07 Å². The molecule has 0 bridgehead atoms. The minimum Gasteiger partial charge on any atom is -0.395 e. The Kier molecular flexibility index (Phi) is 5.57. The van der Waals surface area contributed by atoms with Crippen LogP contribution in [0.4, 0.5) is 5.00 Å². The fraction of sp³-hybridized carbons (Fsp3) is 0.625. The van der Waals surface area contributed by atoms with E-state index in [9.17, 15) is 15.2 Å². The standard InChI is InChI=1S/C16H23N3O2S/c1-10-5-4-6-19(14(10)9-20)8-15(21)18-16-13(7-17)11(2)12(3)22-16/h10,14,20H,4-6,8-9H2,1-3H3,(H,18,21). The van der Waals surface area contributed by atoms with Crippen molar-refractivity contribution in [2.24, 2.45) is 5.92 Å². The number of hydrogen-bond acceptors (Lipinski definition) is 5. The summed E-state index contributed by atoms with van der Waals surface area (Å²) in [5.41, 5.74) is 1.49. The fourth-order valence-electron chi connectivity index (χ4n) is 3.03. The summed E-state index contributed by atoms with van der Waals surface area (Å²) in [6.07, 6.45) is 2.14. The van der Waals surface area contributed by atoms with E-state index < -0.39 is 0 Å². The largest absolute Gasteiger partial charge is 0.395 e. The van der Waals surface area contributed by atoms with Crippen molar-refractivity contribution in [3.63, 3.8) is 0 Å². The van der Waals surface area contributed by atoms with Crippen LogP contribution in [0.5, 0.6) is 0 Å². The summed E-state index contributed by atoms with van der Waals surface area (Å²) in [5, 5.41) is 22.3. The number of amides is 1. The lowest BCUT2D eigenvalue weighted by Gasteiger charge is -2.38. The number of nitrogens with one attached hydrogen (secondary N) is 1. The third-order valence-electron chi connectivity index (χ3n) is 4.51. The topological polar surface area (TPSA) is 76.4 Å². The van der Waals surface area contributed by atoms with Crippen LogP contribution in [0, 0.1) is 31.1 Å². The number of anilines is 1. The SMILES string of the molecule is Cc1sc(NC(=O)CN2CCCC(C)C2CO)c(C#N)c1C. The van der Waals surface area contributed by atoms with Gasteiger partial charge in [-0.25, -0.2) is 0 Å². The summed E-state index contributed by atoms with van der Waals surface area (Å²) in [5.74, 6) is 0.276. The van der Waals surface area contributed by atoms with E-state index in [1.54, 1.807) is 0 Å². The van der Waals surface area contributed by atoms with E-state index >= 15 is 0 Å². The number of thiophene rings is 1. The first-order valence-electron chi connectivity index (χ1n) is 7.62. The average Bonchev–Trinajstić information content (AvgIpc) is 2.73. The lowest BCUT2D eigenvalue weighted by Crippen LogP contribution is -2.49. The maximum Gasteiger partial charge on any atom is 0.239 e. The molecule has 120 valence electrons. The molecule has 0 aromatic carbocycles. The van der Waals surface area contributed by atoms with Crippen LogP contribution >= 0.6 is 11.3 Å². The predicted octanol–water partition coefficient (Wildman–Crippen LogP) is 2.27. The molecule has 6 heteroatoms. The van der Waals surface area contributed by atoms with Crippen LogP contribution in [0.25, 0.3) is 0 Å². The van der Waals surface area contributed by atoms with Crippen LogP contribution in [-0.4, -0.2) is 41.7 Å². The van der Waals surface area contributed by atoms with Gasteiger partial charge in [-0.15, -0.1) is 11.3 Å². The normalized spacial score (nSPS) is 22.3. The Morgan fingerprint density at radius 3 is 2.91 bits per heavy atom. The number of aryl methyl sites for hydroxylation is 1. The van der Waals surface area contributed by atoms with E-state index in [1.165, 1.54) is 11.3 Å². The van der Waals surface area contributed by atoms with Crippen molar-refractivity contribution in [2.45, 2.75) is 39.7 Å². The van der Waals surface area contributed by atoms with Crippen molar-refractivity contribution in [3.05, 3.63) is 16.0 Å². The van der Waals surface area contributed by atoms with Gasteiger partial charge in [0, 0.05) is 10.9 Å². The van der Waals surface area contributed by atoms with Gasteiger partial charge >= 0.3 is 0 Å². The molecule has 1 amide bonds. The summed E-state index contributed by atoms with van der Waals surface area (Å²) in [6.45, 7) is 7.13. The molecule has 1 aromatic rings. The predicted molar refractivity (Wildman–Crippen MR) is 88.0 cm³/mol. The number of piperidine rings is 1. The maximum absolute atomic E-state index is 12.3. The fourth-order valence-corrected chi connectivity index (χ4v) is 4.05. The van der Waals surface area contributed by atoms with Gasteiger partial charge in [0.1, 0.15) is 11.1 Å². The van der Waals surface area contributed by atoms with E-state index in [1.807, 2.05) is 18.7 Å². The molecule has 1 aromatic heterocycles. The van der Waals surface area contributed by atoms with Gasteiger partial charge in [-0.1, -0.05) is 6.92 Å². The summed E-state index contributed by atoms with van der Waals surface area (Å²) in [6, 6.07) is 2.21. The van der Waals surface area contributed by atoms with Gasteiger partial charge in [-0.05, 0) is 44.7 Å². The molecule has 0 radical (unpaired) electrons. The van der Waals surface area contributed by atoms with Crippen LogP contribution in [0.1, 0.15) is 35.8 Å². The minimum atomic E-state index is -0.120. The molecule has 2 unspecified atom stereocenters. The molecule has 2 rings (SSSR count). The molecule has 2 heterocycles. The molecule has 1 fully saturated rings. The Hall–Kier alpha value is -1.42. The molecule has 1 saturated heterocycles. The third-order valence-corrected chi connectivity index (χ3v) is 5.64. The van der Waals surface area contributed by atoms with Crippen LogP contribution in [0.3, 0.4) is 0 Å². The van der Waals surface area contributed by atoms with E-state index in [4.69, 9.17) is 0 Å². The van der Waals surface area contributed by atoms with Gasteiger partial charge in [0.2, 0.25) is 5.91 Å². The zero-order valence-electron chi connectivity index (χ0n) is 13.3. The van der Waals surface area contributed by atoms with Crippen molar-refractivity contribution in [2.75, 3.05) is 25.0 Å². The highest BCUT2D eigenvalue weighted by Crippen LogP contribution is 2.31. The first kappa shape index (κ1) is 16.9. The summed E-state index contributed by atoms with van der Waals surface area (Å²) < 4.78 is 0. The number of nitrogens with zero attached hydrogens (tertiary/aromatic N) is 2. The number of likely N-dealkylation sites (tertiary alicyclic amines) is 1. The third kappa shape index (κ3) is 3.49. The molecular weight excluding hydrogens is 298 g/mol. The van der Waals surface area contributed by atoms with Gasteiger partial charge in [0.15, 0.2) is 0 Å². The molecule has 0 aliphatic carbocycles. The summed E-state index contributed by atoms with van der Waals surface area (Å²) in [7, 11) is 0. The van der Waals surface area contributed by atoms with Gasteiger partial charge in [-0.2, -0.15) is 5.26 Å². The van der Waals surface area contributed by atoms with E-state index in [-0.39, 0.29) is 25.1 Å². The van der Waals surface area contributed by atoms with Crippen molar-refractivity contribution in [1.29, 1.82) is 5.26 Å². The maximum atomic E-state index is 12.3. The van der Waals surface area contributed by atoms with Crippen molar-refractivity contribution >= 4 is 22.2 Å². The molecule has 22 heavy (non-hydrogen) atoms. The second-order valence-corrected chi connectivity index (χ2v) is 7.21. The zero-order chi connectivity index (χ0) is 16.3. The van der Waals surface area contributed by atoms with Gasteiger partial charge < -0.3 is 10.4 Å². The first-order valence-corrected chi connectivity index (χ1v) is 8.44. The second kappa shape index (κ2) is 7.23. The highest BCUT2D eigenvalue weighted by molar-refractivity contribution is 7.16. The first-order chi connectivity index (χ1) is 10.5. The Balaban J connectivity index is 2.04. The number of aliphatic hydroxyl groups excluding tert-OH is 1. The summed E-state index contributed by atoms with van der Waals surface area (Å²) >= 11 is 1.44.